The van der Waals surface area contributed by atoms with Gasteiger partial charge in [-0.2, -0.15) is 0 Å². The van der Waals surface area contributed by atoms with Gasteiger partial charge in [-0.3, -0.25) is 4.79 Å². The molecule has 0 spiro atoms. The van der Waals surface area contributed by atoms with Crippen LogP contribution >= 0.6 is 11.6 Å². The molecule has 0 aromatic heterocycles. The van der Waals surface area contributed by atoms with E-state index in [9.17, 15) is 9.59 Å². The van der Waals surface area contributed by atoms with Gasteiger partial charge in [0, 0.05) is 19.9 Å². The molecule has 154 valence electrons. The van der Waals surface area contributed by atoms with Gasteiger partial charge in [0.1, 0.15) is 12.4 Å². The predicted octanol–water partition coefficient (Wildman–Crippen LogP) is 3.62. The Morgan fingerprint density at radius 1 is 1.36 bits per heavy atom. The highest BCUT2D eigenvalue weighted by Crippen LogP contribution is 2.39. The number of methoxy groups -OCH3 is 1. The zero-order valence-corrected chi connectivity index (χ0v) is 17.4. The molecule has 1 aliphatic rings. The summed E-state index contributed by atoms with van der Waals surface area (Å²) in [5, 5.41) is 12.4. The van der Waals surface area contributed by atoms with E-state index in [0.717, 1.165) is 11.1 Å². The maximum Gasteiger partial charge on any atom is 0.322 e. The van der Waals surface area contributed by atoms with Gasteiger partial charge in [0.2, 0.25) is 0 Å². The van der Waals surface area contributed by atoms with Crippen molar-refractivity contribution in [2.45, 2.75) is 32.7 Å². The first kappa shape index (κ1) is 22.0. The molecule has 2 amide bonds. The van der Waals surface area contributed by atoms with Crippen molar-refractivity contribution in [2.24, 2.45) is 5.92 Å². The molecule has 0 bridgehead atoms. The van der Waals surface area contributed by atoms with Gasteiger partial charge >= 0.3 is 12.0 Å². The highest BCUT2D eigenvalue weighted by molar-refractivity contribution is 6.32. The van der Waals surface area contributed by atoms with Crippen LogP contribution in [0.25, 0.3) is 0 Å². The minimum Gasteiger partial charge on any atom is -0.490 e. The fraction of sp³-hybridized carbons (Fsp3) is 0.500. The topological polar surface area (TPSA) is 88.1 Å². The molecule has 0 aliphatic carbocycles. The highest BCUT2D eigenvalue weighted by atomic mass is 35.5. The van der Waals surface area contributed by atoms with E-state index in [2.05, 4.69) is 5.32 Å². The average molecular weight is 411 g/mol. The second kappa shape index (κ2) is 9.30. The van der Waals surface area contributed by atoms with Crippen LogP contribution in [-0.4, -0.2) is 48.9 Å². The summed E-state index contributed by atoms with van der Waals surface area (Å²) in [7, 11) is 1.60. The van der Waals surface area contributed by atoms with Gasteiger partial charge in [-0.1, -0.05) is 31.5 Å². The monoisotopic (exact) mass is 410 g/mol. The number of halogens is 1. The maximum absolute atomic E-state index is 12.6. The van der Waals surface area contributed by atoms with E-state index < -0.39 is 11.5 Å². The summed E-state index contributed by atoms with van der Waals surface area (Å²) in [6.45, 7) is 6.93. The number of carboxylic acids is 1. The molecular weight excluding hydrogens is 384 g/mol. The first-order chi connectivity index (χ1) is 13.2. The number of ether oxygens (including phenoxy) is 2. The Labute approximate surface area is 170 Å². The lowest BCUT2D eigenvalue weighted by atomic mass is 9.78. The van der Waals surface area contributed by atoms with Crippen LogP contribution in [0.1, 0.15) is 32.8 Å². The van der Waals surface area contributed by atoms with Crippen molar-refractivity contribution in [2.75, 3.05) is 26.9 Å². The molecule has 1 aromatic carbocycles. The number of nitrogens with zero attached hydrogens (tertiary/aromatic N) is 1. The molecule has 0 saturated heterocycles. The highest BCUT2D eigenvalue weighted by Gasteiger charge is 2.39. The van der Waals surface area contributed by atoms with Crippen LogP contribution in [0.4, 0.5) is 4.79 Å². The van der Waals surface area contributed by atoms with Crippen LogP contribution in [-0.2, 0) is 15.1 Å². The third-order valence-corrected chi connectivity index (χ3v) is 5.03. The van der Waals surface area contributed by atoms with E-state index in [-0.39, 0.29) is 24.9 Å². The minimum atomic E-state index is -0.948. The molecular formula is C20H27ClN2O5. The van der Waals surface area contributed by atoms with Gasteiger partial charge in [-0.25, -0.2) is 4.79 Å². The van der Waals surface area contributed by atoms with E-state index in [4.69, 9.17) is 26.2 Å². The van der Waals surface area contributed by atoms with Crippen molar-refractivity contribution in [3.05, 3.63) is 40.6 Å². The van der Waals surface area contributed by atoms with Crippen molar-refractivity contribution < 1.29 is 24.2 Å². The number of carboxylic acid groups (broad SMARTS) is 1. The van der Waals surface area contributed by atoms with Crippen LogP contribution in [0, 0.1) is 5.92 Å². The number of hydrogen-bond donors (Lipinski definition) is 2. The summed E-state index contributed by atoms with van der Waals surface area (Å²) in [5.41, 5.74) is 1.02. The first-order valence-corrected chi connectivity index (χ1v) is 9.51. The number of amides is 2. The number of carbonyl (C=O) groups excluding carboxylic acids is 1. The quantitative estimate of drug-likeness (QED) is 0.607. The second-order valence-electron chi connectivity index (χ2n) is 7.12. The summed E-state index contributed by atoms with van der Waals surface area (Å²) >= 11 is 6.39. The zero-order chi connectivity index (χ0) is 20.9. The van der Waals surface area contributed by atoms with Gasteiger partial charge in [0.05, 0.1) is 23.6 Å². The number of aliphatic carboxylic acids is 1. The van der Waals surface area contributed by atoms with Gasteiger partial charge in [0.25, 0.3) is 0 Å². The lowest BCUT2D eigenvalue weighted by molar-refractivity contribution is -0.137. The Hall–Kier alpha value is -2.25. The Morgan fingerprint density at radius 3 is 2.64 bits per heavy atom. The number of rotatable bonds is 9. The van der Waals surface area contributed by atoms with Crippen LogP contribution in [0.15, 0.2) is 30.0 Å². The van der Waals surface area contributed by atoms with Crippen molar-refractivity contribution >= 4 is 23.6 Å². The normalized spacial score (nSPS) is 19.4. The molecule has 0 radical (unpaired) electrons. The van der Waals surface area contributed by atoms with Crippen molar-refractivity contribution in [3.63, 3.8) is 0 Å². The molecule has 0 saturated carbocycles. The Balaban J connectivity index is 2.34. The standard InChI is InChI=1S/C20H27ClN2O5/c1-13(2)15-12-23(8-7-18(24)25)19(26)22-20(15,3)14-5-6-17(16(21)11-14)28-10-9-27-4/h5-6,11-13H,7-10H2,1-4H3,(H,22,26)(H,24,25)/t20-/m0/s1. The smallest absolute Gasteiger partial charge is 0.322 e. The SMILES string of the molecule is COCCOc1ccc([C@]2(C)NC(=O)N(CCC(=O)O)C=C2C(C)C)cc1Cl. The zero-order valence-electron chi connectivity index (χ0n) is 16.6. The average Bonchev–Trinajstić information content (AvgIpc) is 2.62. The Morgan fingerprint density at radius 2 is 2.07 bits per heavy atom. The van der Waals surface area contributed by atoms with E-state index in [1.807, 2.05) is 26.8 Å². The van der Waals surface area contributed by atoms with Crippen LogP contribution < -0.4 is 10.1 Å². The molecule has 1 atom stereocenters. The Kier molecular flexibility index (Phi) is 7.32. The van der Waals surface area contributed by atoms with Gasteiger partial charge in [-0.15, -0.1) is 0 Å². The van der Waals surface area contributed by atoms with Crippen LogP contribution in [0.5, 0.6) is 5.75 Å². The fourth-order valence-electron chi connectivity index (χ4n) is 3.22. The molecule has 28 heavy (non-hydrogen) atoms. The van der Waals surface area contributed by atoms with Crippen molar-refractivity contribution in [1.82, 2.24) is 10.2 Å². The first-order valence-electron chi connectivity index (χ1n) is 9.13. The summed E-state index contributed by atoms with van der Waals surface area (Å²) < 4.78 is 10.6. The van der Waals surface area contributed by atoms with Gasteiger partial charge in [-0.05, 0) is 36.1 Å². The van der Waals surface area contributed by atoms with E-state index in [1.54, 1.807) is 25.4 Å². The summed E-state index contributed by atoms with van der Waals surface area (Å²) in [6.07, 6.45) is 1.63. The van der Waals surface area contributed by atoms with Crippen molar-refractivity contribution in [3.8, 4) is 5.75 Å². The van der Waals surface area contributed by atoms with E-state index in [1.165, 1.54) is 4.90 Å². The predicted molar refractivity (Wildman–Crippen MR) is 107 cm³/mol. The molecule has 2 rings (SSSR count). The van der Waals surface area contributed by atoms with Gasteiger partial charge < -0.3 is 24.8 Å². The fourth-order valence-corrected chi connectivity index (χ4v) is 3.46. The summed E-state index contributed by atoms with van der Waals surface area (Å²) in [4.78, 5) is 24.9. The summed E-state index contributed by atoms with van der Waals surface area (Å²) in [5.74, 6) is -0.280. The number of urea groups is 1. The summed E-state index contributed by atoms with van der Waals surface area (Å²) in [6, 6.07) is 5.09. The van der Waals surface area contributed by atoms with Gasteiger partial charge in [0.15, 0.2) is 0 Å². The number of nitrogens with one attached hydrogen (secondary N) is 1. The Bertz CT molecular complexity index is 765. The molecule has 2 N–H and O–H groups in total. The molecule has 1 aliphatic heterocycles. The third-order valence-electron chi connectivity index (χ3n) is 4.73. The molecule has 7 nitrogen and oxygen atoms in total. The largest absolute Gasteiger partial charge is 0.490 e. The number of carbonyl (C=O) groups is 2. The van der Waals surface area contributed by atoms with E-state index >= 15 is 0 Å². The molecule has 8 heteroatoms. The maximum atomic E-state index is 12.6. The number of hydrogen-bond acceptors (Lipinski definition) is 4. The number of benzene rings is 1. The van der Waals surface area contributed by atoms with Crippen LogP contribution in [0.3, 0.4) is 0 Å². The molecule has 0 unspecified atom stereocenters. The molecule has 1 aromatic rings. The second-order valence-corrected chi connectivity index (χ2v) is 7.53. The van der Waals surface area contributed by atoms with E-state index in [0.29, 0.717) is 24.0 Å². The molecule has 0 fully saturated rings. The third kappa shape index (κ3) is 4.97. The lowest BCUT2D eigenvalue weighted by Crippen LogP contribution is -2.54. The molecule has 1 heterocycles. The minimum absolute atomic E-state index is 0.112. The van der Waals surface area contributed by atoms with Crippen LogP contribution in [0.2, 0.25) is 5.02 Å². The lowest BCUT2D eigenvalue weighted by Gasteiger charge is -2.42. The van der Waals surface area contributed by atoms with Crippen molar-refractivity contribution in [1.29, 1.82) is 0 Å².